The average molecular weight is 379 g/mol. The number of nitrogens with zero attached hydrogens (tertiary/aromatic N) is 2. The number of hydrogen-bond donors (Lipinski definition) is 1. The van der Waals surface area contributed by atoms with Crippen LogP contribution in [0.15, 0.2) is 21.1 Å². The molecule has 0 spiro atoms. The van der Waals surface area contributed by atoms with E-state index in [0.29, 0.717) is 41.4 Å². The van der Waals surface area contributed by atoms with Gasteiger partial charge in [-0.25, -0.2) is 4.98 Å². The van der Waals surface area contributed by atoms with Crippen molar-refractivity contribution < 1.29 is 27.3 Å². The van der Waals surface area contributed by atoms with Crippen molar-refractivity contribution in [1.82, 2.24) is 10.1 Å². The Hall–Kier alpha value is -2.97. The SMILES string of the molecule is CCc1nc2c(OC(F)F)ccc(CC(=O)Nc3c(CC)noc3C)c2o1. The van der Waals surface area contributed by atoms with Crippen molar-refractivity contribution >= 4 is 22.7 Å². The van der Waals surface area contributed by atoms with Crippen molar-refractivity contribution in [3.8, 4) is 5.75 Å². The molecule has 0 radical (unpaired) electrons. The molecule has 0 fully saturated rings. The molecule has 1 N–H and O–H groups in total. The van der Waals surface area contributed by atoms with E-state index in [-0.39, 0.29) is 29.2 Å². The largest absolute Gasteiger partial charge is 0.440 e. The van der Waals surface area contributed by atoms with Crippen LogP contribution < -0.4 is 10.1 Å². The highest BCUT2D eigenvalue weighted by Crippen LogP contribution is 2.31. The topological polar surface area (TPSA) is 90.4 Å². The van der Waals surface area contributed by atoms with E-state index >= 15 is 0 Å². The van der Waals surface area contributed by atoms with E-state index in [0.717, 1.165) is 0 Å². The quantitative estimate of drug-likeness (QED) is 0.666. The number of oxazole rings is 1. The Morgan fingerprint density at radius 3 is 2.74 bits per heavy atom. The number of fused-ring (bicyclic) bond motifs is 1. The number of alkyl halides is 2. The molecule has 27 heavy (non-hydrogen) atoms. The van der Waals surface area contributed by atoms with Gasteiger partial charge in [0.25, 0.3) is 0 Å². The van der Waals surface area contributed by atoms with Crippen LogP contribution in [-0.2, 0) is 24.1 Å². The van der Waals surface area contributed by atoms with Crippen LogP contribution in [0.5, 0.6) is 5.75 Å². The minimum Gasteiger partial charge on any atom is -0.440 e. The fourth-order valence-electron chi connectivity index (χ4n) is 2.74. The van der Waals surface area contributed by atoms with Crippen LogP contribution in [0.1, 0.15) is 36.8 Å². The predicted molar refractivity (Wildman–Crippen MR) is 93.0 cm³/mol. The number of carbonyl (C=O) groups is 1. The summed E-state index contributed by atoms with van der Waals surface area (Å²) in [5.74, 6) is 0.490. The maximum absolute atomic E-state index is 12.6. The van der Waals surface area contributed by atoms with Crippen molar-refractivity contribution in [2.24, 2.45) is 0 Å². The normalized spacial score (nSPS) is 11.3. The summed E-state index contributed by atoms with van der Waals surface area (Å²) in [7, 11) is 0. The van der Waals surface area contributed by atoms with E-state index in [1.807, 2.05) is 13.8 Å². The number of rotatable bonds is 7. The third-order valence-corrected chi connectivity index (χ3v) is 4.03. The molecule has 0 aliphatic carbocycles. The van der Waals surface area contributed by atoms with E-state index < -0.39 is 6.61 Å². The number of nitrogens with one attached hydrogen (secondary N) is 1. The number of amides is 1. The molecule has 0 saturated heterocycles. The molecule has 0 bridgehead atoms. The van der Waals surface area contributed by atoms with Crippen LogP contribution in [0.25, 0.3) is 11.1 Å². The molecule has 0 aliphatic heterocycles. The number of halogens is 2. The van der Waals surface area contributed by atoms with Crippen LogP contribution in [0, 0.1) is 6.92 Å². The van der Waals surface area contributed by atoms with E-state index in [4.69, 9.17) is 8.94 Å². The first-order valence-electron chi connectivity index (χ1n) is 8.54. The van der Waals surface area contributed by atoms with Crippen LogP contribution >= 0.6 is 0 Å². The second-order valence-corrected chi connectivity index (χ2v) is 5.88. The molecule has 144 valence electrons. The van der Waals surface area contributed by atoms with Crippen molar-refractivity contribution in [2.75, 3.05) is 5.32 Å². The lowest BCUT2D eigenvalue weighted by atomic mass is 10.1. The molecule has 3 rings (SSSR count). The molecule has 9 heteroatoms. The van der Waals surface area contributed by atoms with E-state index in [1.165, 1.54) is 12.1 Å². The first kappa shape index (κ1) is 18.8. The fraction of sp³-hybridized carbons (Fsp3) is 0.389. The summed E-state index contributed by atoms with van der Waals surface area (Å²) in [5, 5.41) is 6.67. The standard InChI is InChI=1S/C18H19F2N3O4/c1-4-11-15(9(3)27-23-11)21-13(24)8-10-6-7-12(25-18(19)20)16-17(10)26-14(5-2)22-16/h6-7,18H,4-5,8H2,1-3H3,(H,21,24). The van der Waals surface area contributed by atoms with Gasteiger partial charge in [-0.1, -0.05) is 25.1 Å². The number of carbonyl (C=O) groups excluding carboxylic acids is 1. The summed E-state index contributed by atoms with van der Waals surface area (Å²) in [5.41, 5.74) is 2.15. The molecule has 1 amide bonds. The molecule has 0 atom stereocenters. The predicted octanol–water partition coefficient (Wildman–Crippen LogP) is 4.03. The lowest BCUT2D eigenvalue weighted by molar-refractivity contribution is -0.115. The number of benzene rings is 1. The summed E-state index contributed by atoms with van der Waals surface area (Å²) >= 11 is 0. The second-order valence-electron chi connectivity index (χ2n) is 5.88. The zero-order valence-corrected chi connectivity index (χ0v) is 15.1. The maximum Gasteiger partial charge on any atom is 0.387 e. The summed E-state index contributed by atoms with van der Waals surface area (Å²) in [4.78, 5) is 16.7. The molecule has 0 aliphatic rings. The van der Waals surface area contributed by atoms with E-state index in [2.05, 4.69) is 20.2 Å². The zero-order valence-electron chi connectivity index (χ0n) is 15.1. The summed E-state index contributed by atoms with van der Waals surface area (Å²) in [6, 6.07) is 2.88. The van der Waals surface area contributed by atoms with Gasteiger partial charge in [0.2, 0.25) is 5.91 Å². The van der Waals surface area contributed by atoms with Crippen LogP contribution in [0.4, 0.5) is 14.5 Å². The molecule has 1 aromatic carbocycles. The van der Waals surface area contributed by atoms with Gasteiger partial charge in [0, 0.05) is 12.0 Å². The van der Waals surface area contributed by atoms with Crippen molar-refractivity contribution in [2.45, 2.75) is 46.6 Å². The molecular formula is C18H19F2N3O4. The minimum atomic E-state index is -2.98. The third-order valence-electron chi connectivity index (χ3n) is 4.03. The van der Waals surface area contributed by atoms with Gasteiger partial charge >= 0.3 is 6.61 Å². The number of anilines is 1. The maximum atomic E-state index is 12.6. The number of aryl methyl sites for hydroxylation is 3. The molecule has 2 heterocycles. The molecule has 2 aromatic heterocycles. The summed E-state index contributed by atoms with van der Waals surface area (Å²) in [6.45, 7) is 2.46. The summed E-state index contributed by atoms with van der Waals surface area (Å²) < 4.78 is 40.4. The van der Waals surface area contributed by atoms with Crippen LogP contribution in [-0.4, -0.2) is 22.7 Å². The molecule has 0 saturated carbocycles. The molecule has 0 unspecified atom stereocenters. The Balaban J connectivity index is 1.89. The smallest absolute Gasteiger partial charge is 0.387 e. The first-order chi connectivity index (χ1) is 12.9. The first-order valence-corrected chi connectivity index (χ1v) is 8.54. The Morgan fingerprint density at radius 1 is 1.30 bits per heavy atom. The Morgan fingerprint density at radius 2 is 2.07 bits per heavy atom. The van der Waals surface area contributed by atoms with Gasteiger partial charge in [-0.05, 0) is 19.4 Å². The van der Waals surface area contributed by atoms with E-state index in [1.54, 1.807) is 6.92 Å². The number of hydrogen-bond acceptors (Lipinski definition) is 6. The van der Waals surface area contributed by atoms with Crippen molar-refractivity contribution in [1.29, 1.82) is 0 Å². The number of aromatic nitrogens is 2. The molecular weight excluding hydrogens is 360 g/mol. The number of ether oxygens (including phenoxy) is 1. The van der Waals surface area contributed by atoms with Crippen LogP contribution in [0.3, 0.4) is 0 Å². The van der Waals surface area contributed by atoms with Crippen LogP contribution in [0.2, 0.25) is 0 Å². The lowest BCUT2D eigenvalue weighted by Crippen LogP contribution is -2.16. The van der Waals surface area contributed by atoms with Gasteiger partial charge in [0.1, 0.15) is 11.4 Å². The zero-order chi connectivity index (χ0) is 19.6. The van der Waals surface area contributed by atoms with Crippen molar-refractivity contribution in [3.63, 3.8) is 0 Å². The lowest BCUT2D eigenvalue weighted by Gasteiger charge is -2.08. The van der Waals surface area contributed by atoms with Crippen molar-refractivity contribution in [3.05, 3.63) is 35.0 Å². The van der Waals surface area contributed by atoms with Gasteiger partial charge < -0.3 is 19.0 Å². The van der Waals surface area contributed by atoms with E-state index in [9.17, 15) is 13.6 Å². The highest BCUT2D eigenvalue weighted by atomic mass is 19.3. The molecule has 3 aromatic rings. The Bertz CT molecular complexity index is 965. The second kappa shape index (κ2) is 7.73. The monoisotopic (exact) mass is 379 g/mol. The Kier molecular flexibility index (Phi) is 5.38. The average Bonchev–Trinajstić information content (AvgIpc) is 3.21. The van der Waals surface area contributed by atoms with Gasteiger partial charge in [-0.2, -0.15) is 8.78 Å². The van der Waals surface area contributed by atoms with Gasteiger partial charge in [0.15, 0.2) is 28.5 Å². The Labute approximate surface area is 153 Å². The highest BCUT2D eigenvalue weighted by molar-refractivity contribution is 5.96. The highest BCUT2D eigenvalue weighted by Gasteiger charge is 2.20. The van der Waals surface area contributed by atoms with Gasteiger partial charge in [-0.3, -0.25) is 4.79 Å². The fourth-order valence-corrected chi connectivity index (χ4v) is 2.74. The van der Waals surface area contributed by atoms with Gasteiger partial charge in [-0.15, -0.1) is 0 Å². The third kappa shape index (κ3) is 3.91. The molecule has 7 nitrogen and oxygen atoms in total. The summed E-state index contributed by atoms with van der Waals surface area (Å²) in [6.07, 6.45) is 1.06. The minimum absolute atomic E-state index is 0.0302. The van der Waals surface area contributed by atoms with Gasteiger partial charge in [0.05, 0.1) is 6.42 Å².